The van der Waals surface area contributed by atoms with Crippen molar-refractivity contribution in [3.63, 3.8) is 0 Å². The third kappa shape index (κ3) is 4.22. The molecule has 1 N–H and O–H groups in total. The molecule has 1 aromatic carbocycles. The smallest absolute Gasteiger partial charge is 0.122 e. The van der Waals surface area contributed by atoms with Crippen molar-refractivity contribution >= 4 is 0 Å². The summed E-state index contributed by atoms with van der Waals surface area (Å²) in [6, 6.07) is 8.14. The highest BCUT2D eigenvalue weighted by Crippen LogP contribution is 2.20. The Morgan fingerprint density at radius 3 is 2.63 bits per heavy atom. The maximum atomic E-state index is 9.58. The van der Waals surface area contributed by atoms with Gasteiger partial charge in [-0.05, 0) is 57.3 Å². The van der Waals surface area contributed by atoms with Crippen LogP contribution in [0, 0.1) is 12.8 Å². The first-order valence-corrected chi connectivity index (χ1v) is 7.25. The summed E-state index contributed by atoms with van der Waals surface area (Å²) < 4.78 is 5.82. The largest absolute Gasteiger partial charge is 0.492 e. The van der Waals surface area contributed by atoms with Crippen molar-refractivity contribution in [2.75, 3.05) is 26.2 Å². The van der Waals surface area contributed by atoms with Crippen LogP contribution in [0.25, 0.3) is 0 Å². The number of rotatable bonds is 5. The zero-order valence-corrected chi connectivity index (χ0v) is 12.0. The molecule has 1 aliphatic rings. The highest BCUT2D eigenvalue weighted by atomic mass is 16.5. The van der Waals surface area contributed by atoms with E-state index in [1.165, 1.54) is 5.56 Å². The first kappa shape index (κ1) is 14.4. The van der Waals surface area contributed by atoms with Gasteiger partial charge in [0.1, 0.15) is 12.4 Å². The van der Waals surface area contributed by atoms with E-state index in [1.807, 2.05) is 25.1 Å². The zero-order valence-electron chi connectivity index (χ0n) is 12.0. The summed E-state index contributed by atoms with van der Waals surface area (Å²) in [6.45, 7) is 7.84. The van der Waals surface area contributed by atoms with Crippen LogP contribution in [0.1, 0.15) is 25.3 Å². The van der Waals surface area contributed by atoms with Gasteiger partial charge in [0.15, 0.2) is 0 Å². The average molecular weight is 263 g/mol. The molecule has 1 aromatic rings. The number of likely N-dealkylation sites (tertiary alicyclic amines) is 1. The van der Waals surface area contributed by atoms with E-state index in [4.69, 9.17) is 4.74 Å². The molecule has 3 nitrogen and oxygen atoms in total. The van der Waals surface area contributed by atoms with Crippen LogP contribution in [-0.2, 0) is 0 Å². The van der Waals surface area contributed by atoms with Gasteiger partial charge in [-0.3, -0.25) is 4.90 Å². The fourth-order valence-electron chi connectivity index (χ4n) is 2.66. The fourth-order valence-corrected chi connectivity index (χ4v) is 2.66. The maximum absolute atomic E-state index is 9.58. The van der Waals surface area contributed by atoms with Gasteiger partial charge in [0.25, 0.3) is 0 Å². The highest BCUT2D eigenvalue weighted by molar-refractivity contribution is 5.31. The van der Waals surface area contributed by atoms with Gasteiger partial charge in [-0.2, -0.15) is 0 Å². The molecule has 0 radical (unpaired) electrons. The van der Waals surface area contributed by atoms with Crippen LogP contribution in [-0.4, -0.2) is 42.4 Å². The predicted octanol–water partition coefficient (Wildman–Crippen LogP) is 2.47. The molecule has 2 rings (SSSR count). The monoisotopic (exact) mass is 263 g/mol. The summed E-state index contributed by atoms with van der Waals surface area (Å²) in [7, 11) is 0. The van der Waals surface area contributed by atoms with Crippen LogP contribution in [0.3, 0.4) is 0 Å². The maximum Gasteiger partial charge on any atom is 0.122 e. The van der Waals surface area contributed by atoms with Crippen LogP contribution in [0.5, 0.6) is 5.75 Å². The molecule has 106 valence electrons. The molecule has 1 unspecified atom stereocenters. The van der Waals surface area contributed by atoms with E-state index in [9.17, 15) is 5.11 Å². The van der Waals surface area contributed by atoms with E-state index in [-0.39, 0.29) is 6.10 Å². The van der Waals surface area contributed by atoms with Crippen LogP contribution in [0.4, 0.5) is 0 Å². The molecule has 0 amide bonds. The van der Waals surface area contributed by atoms with E-state index in [0.29, 0.717) is 5.92 Å². The third-order valence-corrected chi connectivity index (χ3v) is 4.07. The van der Waals surface area contributed by atoms with Crippen molar-refractivity contribution in [3.05, 3.63) is 29.8 Å². The van der Waals surface area contributed by atoms with Gasteiger partial charge in [-0.25, -0.2) is 0 Å². The van der Waals surface area contributed by atoms with E-state index in [1.54, 1.807) is 0 Å². The number of aliphatic hydroxyl groups excluding tert-OH is 1. The number of benzene rings is 1. The van der Waals surface area contributed by atoms with Crippen molar-refractivity contribution in [1.82, 2.24) is 4.90 Å². The van der Waals surface area contributed by atoms with E-state index < -0.39 is 0 Å². The SMILES string of the molecule is Cc1ccccc1OCCN1CCC(C(C)O)CC1. The number of nitrogens with zero attached hydrogens (tertiary/aromatic N) is 1. The Bertz CT molecular complexity index is 384. The molecule has 0 bridgehead atoms. The summed E-state index contributed by atoms with van der Waals surface area (Å²) in [4.78, 5) is 2.43. The van der Waals surface area contributed by atoms with Crippen molar-refractivity contribution in [2.24, 2.45) is 5.92 Å². The topological polar surface area (TPSA) is 32.7 Å². The lowest BCUT2D eigenvalue weighted by Gasteiger charge is -2.33. The van der Waals surface area contributed by atoms with E-state index in [2.05, 4.69) is 17.9 Å². The van der Waals surface area contributed by atoms with Gasteiger partial charge in [0.05, 0.1) is 6.10 Å². The highest BCUT2D eigenvalue weighted by Gasteiger charge is 2.22. The number of ether oxygens (including phenoxy) is 1. The van der Waals surface area contributed by atoms with Crippen molar-refractivity contribution in [1.29, 1.82) is 0 Å². The number of hydrogen-bond donors (Lipinski definition) is 1. The summed E-state index contributed by atoms with van der Waals surface area (Å²) in [5, 5.41) is 9.58. The summed E-state index contributed by atoms with van der Waals surface area (Å²) in [6.07, 6.45) is 2.04. The Hall–Kier alpha value is -1.06. The first-order valence-electron chi connectivity index (χ1n) is 7.25. The molecular weight excluding hydrogens is 238 g/mol. The third-order valence-electron chi connectivity index (χ3n) is 4.07. The summed E-state index contributed by atoms with van der Waals surface area (Å²) in [5.41, 5.74) is 1.19. The second-order valence-electron chi connectivity index (χ2n) is 5.53. The first-order chi connectivity index (χ1) is 9.16. The van der Waals surface area contributed by atoms with E-state index >= 15 is 0 Å². The molecule has 1 saturated heterocycles. The number of piperidine rings is 1. The number of aryl methyl sites for hydroxylation is 1. The van der Waals surface area contributed by atoms with Crippen LogP contribution in [0.2, 0.25) is 0 Å². The molecular formula is C16H25NO2. The predicted molar refractivity (Wildman–Crippen MR) is 77.5 cm³/mol. The van der Waals surface area contributed by atoms with Gasteiger partial charge >= 0.3 is 0 Å². The molecule has 0 saturated carbocycles. The van der Waals surface area contributed by atoms with Crippen LogP contribution < -0.4 is 4.74 Å². The lowest BCUT2D eigenvalue weighted by atomic mass is 9.92. The van der Waals surface area contributed by atoms with Gasteiger partial charge < -0.3 is 9.84 Å². The molecule has 1 aliphatic heterocycles. The van der Waals surface area contributed by atoms with Crippen LogP contribution >= 0.6 is 0 Å². The van der Waals surface area contributed by atoms with Crippen molar-refractivity contribution in [3.8, 4) is 5.75 Å². The van der Waals surface area contributed by atoms with E-state index in [0.717, 1.165) is 44.8 Å². The minimum absolute atomic E-state index is 0.162. The van der Waals surface area contributed by atoms with Crippen LogP contribution in [0.15, 0.2) is 24.3 Å². The Morgan fingerprint density at radius 1 is 1.32 bits per heavy atom. The van der Waals surface area contributed by atoms with Gasteiger partial charge in [-0.15, -0.1) is 0 Å². The minimum Gasteiger partial charge on any atom is -0.492 e. The Kier molecular flexibility index (Phi) is 5.23. The summed E-state index contributed by atoms with van der Waals surface area (Å²) in [5.74, 6) is 1.47. The molecule has 3 heteroatoms. The molecule has 0 spiro atoms. The molecule has 0 aromatic heterocycles. The normalized spacial score (nSPS) is 19.3. The van der Waals surface area contributed by atoms with Gasteiger partial charge in [0.2, 0.25) is 0 Å². The van der Waals surface area contributed by atoms with Gasteiger partial charge in [-0.1, -0.05) is 18.2 Å². The fraction of sp³-hybridized carbons (Fsp3) is 0.625. The second kappa shape index (κ2) is 6.92. The Morgan fingerprint density at radius 2 is 2.00 bits per heavy atom. The number of hydrogen-bond acceptors (Lipinski definition) is 3. The molecule has 19 heavy (non-hydrogen) atoms. The van der Waals surface area contributed by atoms with Gasteiger partial charge in [0, 0.05) is 6.54 Å². The van der Waals surface area contributed by atoms with Crippen molar-refractivity contribution < 1.29 is 9.84 Å². The quantitative estimate of drug-likeness (QED) is 0.886. The average Bonchev–Trinajstić information content (AvgIpc) is 2.41. The second-order valence-corrected chi connectivity index (χ2v) is 5.53. The molecule has 1 atom stereocenters. The summed E-state index contributed by atoms with van der Waals surface area (Å²) >= 11 is 0. The number of aliphatic hydroxyl groups is 1. The molecule has 1 fully saturated rings. The number of para-hydroxylation sites is 1. The minimum atomic E-state index is -0.162. The molecule has 1 heterocycles. The zero-order chi connectivity index (χ0) is 13.7. The van der Waals surface area contributed by atoms with Crippen molar-refractivity contribution in [2.45, 2.75) is 32.8 Å². The standard InChI is InChI=1S/C16H25NO2/c1-13-5-3-4-6-16(13)19-12-11-17-9-7-15(8-10-17)14(2)18/h3-6,14-15,18H,7-12H2,1-2H3. The lowest BCUT2D eigenvalue weighted by Crippen LogP contribution is -2.39. The Balaban J connectivity index is 1.69. The molecule has 0 aliphatic carbocycles. The Labute approximate surface area is 116 Å². The lowest BCUT2D eigenvalue weighted by molar-refractivity contribution is 0.0671.